The van der Waals surface area contributed by atoms with E-state index in [4.69, 9.17) is 44.3 Å². The number of aromatic nitrogens is 4. The topological polar surface area (TPSA) is 74.1 Å². The highest BCUT2D eigenvalue weighted by Crippen LogP contribution is 2.37. The van der Waals surface area contributed by atoms with Gasteiger partial charge in [-0.15, -0.1) is 0 Å². The number of nitrogens with one attached hydrogen (secondary N) is 1. The van der Waals surface area contributed by atoms with Crippen molar-refractivity contribution in [1.29, 1.82) is 0 Å². The Kier molecular flexibility index (Phi) is 8.01. The van der Waals surface area contributed by atoms with E-state index in [9.17, 15) is 0 Å². The molecule has 160 valence electrons. The van der Waals surface area contributed by atoms with Gasteiger partial charge in [0, 0.05) is 13.1 Å². The Morgan fingerprint density at radius 1 is 1.03 bits per heavy atom. The van der Waals surface area contributed by atoms with E-state index in [1.165, 1.54) is 0 Å². The second-order valence-corrected chi connectivity index (χ2v) is 7.80. The van der Waals surface area contributed by atoms with Gasteiger partial charge in [0.25, 0.3) is 0 Å². The van der Waals surface area contributed by atoms with E-state index >= 15 is 0 Å². The number of benzene rings is 2. The smallest absolute Gasteiger partial charge is 0.243 e. The highest BCUT2D eigenvalue weighted by Gasteiger charge is 2.14. The van der Waals surface area contributed by atoms with Gasteiger partial charge >= 0.3 is 0 Å². The third-order valence-corrected chi connectivity index (χ3v) is 5.38. The van der Waals surface area contributed by atoms with E-state index in [2.05, 4.69) is 27.8 Å². The number of halogens is 3. The summed E-state index contributed by atoms with van der Waals surface area (Å²) in [5.41, 5.74) is 1.77. The van der Waals surface area contributed by atoms with Gasteiger partial charge in [-0.2, -0.15) is 0 Å². The molecule has 0 unspecified atom stereocenters. The van der Waals surface area contributed by atoms with Gasteiger partial charge in [-0.1, -0.05) is 59.3 Å². The Hall–Kier alpha value is -2.22. The van der Waals surface area contributed by atoms with Crippen LogP contribution in [0.25, 0.3) is 0 Å². The summed E-state index contributed by atoms with van der Waals surface area (Å²) in [5.74, 6) is 1.60. The minimum absolute atomic E-state index is 0.275. The Morgan fingerprint density at radius 2 is 1.83 bits per heavy atom. The van der Waals surface area contributed by atoms with Gasteiger partial charge in [-0.25, -0.2) is 4.68 Å². The largest absolute Gasteiger partial charge is 0.493 e. The third kappa shape index (κ3) is 5.68. The summed E-state index contributed by atoms with van der Waals surface area (Å²) in [4.78, 5) is 0. The van der Waals surface area contributed by atoms with Crippen molar-refractivity contribution in [2.75, 3.05) is 12.4 Å². The van der Waals surface area contributed by atoms with Crippen molar-refractivity contribution in [1.82, 2.24) is 20.2 Å². The average molecular weight is 471 g/mol. The molecule has 1 N–H and O–H groups in total. The molecule has 3 rings (SSSR count). The maximum Gasteiger partial charge on any atom is 0.243 e. The molecular formula is C20H22Cl3N5O2. The van der Waals surface area contributed by atoms with E-state index in [0.29, 0.717) is 39.1 Å². The zero-order chi connectivity index (χ0) is 21.5. The summed E-state index contributed by atoms with van der Waals surface area (Å²) in [7, 11) is 1.57. The van der Waals surface area contributed by atoms with Gasteiger partial charge in [-0.05, 0) is 52.2 Å². The first-order valence-electron chi connectivity index (χ1n) is 9.45. The SMILES string of the molecule is CCCCn1nnnc1NCc1cc(Cl)c(OCc2ccc(Cl)c(Cl)c2)c(OC)c1. The Morgan fingerprint density at radius 3 is 2.57 bits per heavy atom. The lowest BCUT2D eigenvalue weighted by Gasteiger charge is -2.15. The maximum atomic E-state index is 6.47. The molecule has 3 aromatic rings. The monoisotopic (exact) mass is 469 g/mol. The first-order valence-corrected chi connectivity index (χ1v) is 10.6. The Balaban J connectivity index is 1.69. The number of ether oxygens (including phenoxy) is 2. The fourth-order valence-electron chi connectivity index (χ4n) is 2.77. The molecule has 30 heavy (non-hydrogen) atoms. The minimum atomic E-state index is 0.275. The number of nitrogens with zero attached hydrogens (tertiary/aromatic N) is 4. The van der Waals surface area contributed by atoms with Crippen LogP contribution < -0.4 is 14.8 Å². The van der Waals surface area contributed by atoms with Crippen molar-refractivity contribution in [3.8, 4) is 11.5 Å². The fourth-order valence-corrected chi connectivity index (χ4v) is 3.38. The number of hydrogen-bond donors (Lipinski definition) is 1. The van der Waals surface area contributed by atoms with Crippen LogP contribution in [-0.2, 0) is 19.7 Å². The molecule has 0 radical (unpaired) electrons. The molecule has 0 spiro atoms. The van der Waals surface area contributed by atoms with Crippen LogP contribution >= 0.6 is 34.8 Å². The predicted octanol–water partition coefficient (Wildman–Crippen LogP) is 5.63. The number of tetrazole rings is 1. The average Bonchev–Trinajstić information content (AvgIpc) is 3.19. The molecule has 0 aliphatic heterocycles. The first kappa shape index (κ1) is 22.5. The van der Waals surface area contributed by atoms with Crippen LogP contribution in [0.3, 0.4) is 0 Å². The van der Waals surface area contributed by atoms with Gasteiger partial charge in [0.05, 0.1) is 22.2 Å². The number of unbranched alkanes of at least 4 members (excludes halogenated alkanes) is 1. The van der Waals surface area contributed by atoms with Crippen LogP contribution in [0.4, 0.5) is 5.95 Å². The second-order valence-electron chi connectivity index (χ2n) is 6.58. The molecule has 10 heteroatoms. The molecule has 0 aliphatic rings. The van der Waals surface area contributed by atoms with Crippen LogP contribution in [0.1, 0.15) is 30.9 Å². The van der Waals surface area contributed by atoms with Crippen molar-refractivity contribution in [2.45, 2.75) is 39.5 Å². The first-order chi connectivity index (χ1) is 14.5. The molecule has 0 bridgehead atoms. The molecular weight excluding hydrogens is 449 g/mol. The predicted molar refractivity (Wildman–Crippen MR) is 119 cm³/mol. The van der Waals surface area contributed by atoms with E-state index in [-0.39, 0.29) is 6.61 Å². The Labute approximate surface area is 190 Å². The highest BCUT2D eigenvalue weighted by atomic mass is 35.5. The summed E-state index contributed by atoms with van der Waals surface area (Å²) < 4.78 is 13.1. The van der Waals surface area contributed by atoms with Crippen molar-refractivity contribution in [3.63, 3.8) is 0 Å². The Bertz CT molecular complexity index is 997. The van der Waals surface area contributed by atoms with Gasteiger partial charge < -0.3 is 14.8 Å². The summed E-state index contributed by atoms with van der Waals surface area (Å²) >= 11 is 18.5. The molecule has 1 heterocycles. The summed E-state index contributed by atoms with van der Waals surface area (Å²) in [5, 5.41) is 16.4. The van der Waals surface area contributed by atoms with E-state index in [0.717, 1.165) is 30.5 Å². The fraction of sp³-hybridized carbons (Fsp3) is 0.350. The molecule has 0 saturated heterocycles. The van der Waals surface area contributed by atoms with Crippen molar-refractivity contribution in [3.05, 3.63) is 56.5 Å². The number of aryl methyl sites for hydroxylation is 1. The molecule has 2 aromatic carbocycles. The molecule has 0 amide bonds. The molecule has 0 aliphatic carbocycles. The lowest BCUT2D eigenvalue weighted by atomic mass is 10.2. The molecule has 0 fully saturated rings. The van der Waals surface area contributed by atoms with Crippen LogP contribution in [0.2, 0.25) is 15.1 Å². The zero-order valence-corrected chi connectivity index (χ0v) is 18.9. The van der Waals surface area contributed by atoms with Crippen molar-refractivity contribution in [2.24, 2.45) is 0 Å². The normalized spacial score (nSPS) is 10.8. The van der Waals surface area contributed by atoms with Crippen molar-refractivity contribution < 1.29 is 9.47 Å². The van der Waals surface area contributed by atoms with Gasteiger partial charge in [-0.3, -0.25) is 0 Å². The summed E-state index contributed by atoms with van der Waals surface area (Å²) in [6.45, 7) is 3.64. The summed E-state index contributed by atoms with van der Waals surface area (Å²) in [6, 6.07) is 9.01. The quantitative estimate of drug-likeness (QED) is 0.414. The number of rotatable bonds is 10. The van der Waals surface area contributed by atoms with Gasteiger partial charge in [0.2, 0.25) is 5.95 Å². The lowest BCUT2D eigenvalue weighted by molar-refractivity contribution is 0.284. The van der Waals surface area contributed by atoms with Crippen LogP contribution in [0.5, 0.6) is 11.5 Å². The zero-order valence-electron chi connectivity index (χ0n) is 16.7. The van der Waals surface area contributed by atoms with Crippen molar-refractivity contribution >= 4 is 40.8 Å². The van der Waals surface area contributed by atoms with E-state index in [1.54, 1.807) is 23.9 Å². The standard InChI is InChI=1S/C20H22Cl3N5O2/c1-3-4-7-28-20(25-26-27-28)24-11-14-9-17(23)19(18(10-14)29-2)30-12-13-5-6-15(21)16(22)8-13/h5-6,8-10H,3-4,7,11-12H2,1-2H3,(H,24,25,27). The van der Waals surface area contributed by atoms with Crippen LogP contribution in [0, 0.1) is 0 Å². The molecule has 0 atom stereocenters. The van der Waals surface area contributed by atoms with Gasteiger partial charge in [0.15, 0.2) is 11.5 Å². The lowest BCUT2D eigenvalue weighted by Crippen LogP contribution is -2.09. The minimum Gasteiger partial charge on any atom is -0.493 e. The summed E-state index contributed by atoms with van der Waals surface area (Å²) in [6.07, 6.45) is 2.07. The molecule has 0 saturated carbocycles. The number of anilines is 1. The second kappa shape index (κ2) is 10.7. The maximum absolute atomic E-state index is 6.47. The number of methoxy groups -OCH3 is 1. The highest BCUT2D eigenvalue weighted by molar-refractivity contribution is 6.42. The van der Waals surface area contributed by atoms with E-state index < -0.39 is 0 Å². The van der Waals surface area contributed by atoms with Crippen LogP contribution in [0.15, 0.2) is 30.3 Å². The number of hydrogen-bond acceptors (Lipinski definition) is 6. The van der Waals surface area contributed by atoms with Gasteiger partial charge in [0.1, 0.15) is 6.61 Å². The molecule has 1 aromatic heterocycles. The third-order valence-electron chi connectivity index (χ3n) is 4.36. The van der Waals surface area contributed by atoms with Crippen LogP contribution in [-0.4, -0.2) is 27.3 Å². The molecule has 7 nitrogen and oxygen atoms in total. The van der Waals surface area contributed by atoms with E-state index in [1.807, 2.05) is 18.2 Å².